The minimum atomic E-state index is -0.805. The number of thiazole rings is 1. The second-order valence-corrected chi connectivity index (χ2v) is 7.94. The number of likely N-dealkylation sites (tertiary alicyclic amines) is 1. The number of urea groups is 1. The fourth-order valence-electron chi connectivity index (χ4n) is 3.50. The fraction of sp³-hybridized carbons (Fsp3) is 0.625. The highest BCUT2D eigenvalue weighted by Crippen LogP contribution is 2.30. The molecule has 2 aliphatic heterocycles. The zero-order valence-corrected chi connectivity index (χ0v) is 18.3. The molecule has 3 heterocycles. The normalized spacial score (nSPS) is 24.1. The Morgan fingerprint density at radius 2 is 2.15 bits per heavy atom. The number of amides is 3. The van der Waals surface area contributed by atoms with Crippen molar-refractivity contribution in [2.24, 2.45) is 10.9 Å². The summed E-state index contributed by atoms with van der Waals surface area (Å²) in [5.74, 6) is 0.756. The topological polar surface area (TPSA) is 98.7 Å². The number of guanidine groups is 1. The Bertz CT molecular complexity index is 701. The third kappa shape index (κ3) is 4.27. The predicted octanol–water partition coefficient (Wildman–Crippen LogP) is 1.46. The number of piperidine rings is 1. The number of hydrogen-bond acceptors (Lipinski definition) is 5. The van der Waals surface area contributed by atoms with Crippen LogP contribution in [-0.4, -0.2) is 53.5 Å². The number of rotatable bonds is 3. The molecule has 144 valence electrons. The van der Waals surface area contributed by atoms with Gasteiger partial charge in [-0.3, -0.25) is 15.1 Å². The summed E-state index contributed by atoms with van der Waals surface area (Å²) in [7, 11) is 1.78. The summed E-state index contributed by atoms with van der Waals surface area (Å²) < 4.78 is 0. The molecule has 0 aliphatic carbocycles. The first-order valence-electron chi connectivity index (χ1n) is 8.43. The molecule has 10 heteroatoms. The van der Waals surface area contributed by atoms with E-state index in [1.165, 1.54) is 4.88 Å². The number of hydrogen-bond donors (Lipinski definition) is 3. The predicted molar refractivity (Wildman–Crippen MR) is 112 cm³/mol. The first kappa shape index (κ1) is 20.9. The zero-order valence-electron chi connectivity index (χ0n) is 15.2. The van der Waals surface area contributed by atoms with Crippen LogP contribution in [-0.2, 0) is 11.3 Å². The van der Waals surface area contributed by atoms with E-state index in [0.29, 0.717) is 6.54 Å². The maximum Gasteiger partial charge on any atom is 0.322 e. The number of aryl methyl sites for hydroxylation is 1. The van der Waals surface area contributed by atoms with Crippen LogP contribution in [0.3, 0.4) is 0 Å². The van der Waals surface area contributed by atoms with Crippen molar-refractivity contribution in [3.05, 3.63) is 16.1 Å². The van der Waals surface area contributed by atoms with E-state index in [9.17, 15) is 9.59 Å². The molecule has 0 saturated carbocycles. The molecule has 26 heavy (non-hydrogen) atoms. The fourth-order valence-corrected chi connectivity index (χ4v) is 4.23. The number of nitrogens with zero attached hydrogens (tertiary/aromatic N) is 3. The largest absolute Gasteiger partial charge is 0.351 e. The average molecular weight is 492 g/mol. The van der Waals surface area contributed by atoms with Crippen molar-refractivity contribution >= 4 is 53.2 Å². The van der Waals surface area contributed by atoms with E-state index in [0.717, 1.165) is 36.9 Å². The van der Waals surface area contributed by atoms with E-state index in [4.69, 9.17) is 0 Å². The summed E-state index contributed by atoms with van der Waals surface area (Å²) in [6.07, 6.45) is 3.53. The summed E-state index contributed by atoms with van der Waals surface area (Å²) in [5.41, 5.74) is -0.805. The molecular formula is C16H25IN6O2S. The van der Waals surface area contributed by atoms with Gasteiger partial charge < -0.3 is 15.5 Å². The highest BCUT2D eigenvalue weighted by atomic mass is 127. The van der Waals surface area contributed by atoms with E-state index in [1.54, 1.807) is 18.4 Å². The molecule has 0 aromatic carbocycles. The number of aromatic nitrogens is 1. The van der Waals surface area contributed by atoms with Crippen LogP contribution in [0.1, 0.15) is 29.7 Å². The summed E-state index contributed by atoms with van der Waals surface area (Å²) >= 11 is 1.67. The summed E-state index contributed by atoms with van der Waals surface area (Å²) in [6.45, 7) is 6.10. The van der Waals surface area contributed by atoms with Crippen molar-refractivity contribution in [1.29, 1.82) is 0 Å². The Morgan fingerprint density at radius 1 is 1.46 bits per heavy atom. The third-order valence-electron chi connectivity index (χ3n) is 4.98. The Hall–Kier alpha value is -1.43. The van der Waals surface area contributed by atoms with E-state index >= 15 is 0 Å². The van der Waals surface area contributed by atoms with Crippen LogP contribution in [0, 0.1) is 12.8 Å². The van der Waals surface area contributed by atoms with Crippen LogP contribution >= 0.6 is 35.3 Å². The van der Waals surface area contributed by atoms with Crippen LogP contribution in [0.5, 0.6) is 0 Å². The standard InChI is InChI=1S/C16H24N6O2S.HI/c1-10-18-8-12(25-10)9-19-14(17-3)22-6-4-11(5-7-22)16(2)13(23)20-15(24)21-16;/h8,11H,4-7,9H2,1-3H3,(H,17,19)(H2,20,21,23,24);1H. The molecule has 2 fully saturated rings. The maximum atomic E-state index is 12.1. The van der Waals surface area contributed by atoms with Crippen LogP contribution in [0.25, 0.3) is 0 Å². The number of halogens is 1. The summed E-state index contributed by atoms with van der Waals surface area (Å²) in [5, 5.41) is 9.56. The first-order chi connectivity index (χ1) is 11.9. The zero-order chi connectivity index (χ0) is 18.0. The van der Waals surface area contributed by atoms with Crippen LogP contribution in [0.4, 0.5) is 4.79 Å². The van der Waals surface area contributed by atoms with Crippen molar-refractivity contribution in [2.45, 2.75) is 38.8 Å². The van der Waals surface area contributed by atoms with Crippen LogP contribution in [0.15, 0.2) is 11.2 Å². The van der Waals surface area contributed by atoms with Gasteiger partial charge in [-0.15, -0.1) is 35.3 Å². The summed E-state index contributed by atoms with van der Waals surface area (Å²) in [6, 6.07) is -0.396. The number of aliphatic imine (C=N–C) groups is 1. The second-order valence-electron chi connectivity index (χ2n) is 6.62. The molecule has 1 atom stereocenters. The summed E-state index contributed by atoms with van der Waals surface area (Å²) in [4.78, 5) is 35.6. The molecule has 1 unspecified atom stereocenters. The van der Waals surface area contributed by atoms with Gasteiger partial charge in [-0.05, 0) is 32.6 Å². The molecule has 0 spiro atoms. The molecule has 3 amide bonds. The van der Waals surface area contributed by atoms with Crippen molar-refractivity contribution in [3.8, 4) is 0 Å². The average Bonchev–Trinajstić information content (AvgIpc) is 3.12. The van der Waals surface area contributed by atoms with Gasteiger partial charge in [0.15, 0.2) is 5.96 Å². The second kappa shape index (κ2) is 8.51. The van der Waals surface area contributed by atoms with E-state index in [-0.39, 0.29) is 35.8 Å². The molecule has 1 aromatic heterocycles. The Kier molecular flexibility index (Phi) is 6.83. The Labute approximate surface area is 174 Å². The Morgan fingerprint density at radius 3 is 2.65 bits per heavy atom. The molecule has 2 saturated heterocycles. The number of imide groups is 1. The molecule has 1 aromatic rings. The first-order valence-corrected chi connectivity index (χ1v) is 9.24. The van der Waals surface area contributed by atoms with Crippen molar-refractivity contribution in [3.63, 3.8) is 0 Å². The minimum absolute atomic E-state index is 0. The molecular weight excluding hydrogens is 467 g/mol. The van der Waals surface area contributed by atoms with Gasteiger partial charge in [-0.2, -0.15) is 0 Å². The molecule has 8 nitrogen and oxygen atoms in total. The van der Waals surface area contributed by atoms with Crippen molar-refractivity contribution < 1.29 is 9.59 Å². The molecule has 3 N–H and O–H groups in total. The number of nitrogens with one attached hydrogen (secondary N) is 3. The van der Waals surface area contributed by atoms with Gasteiger partial charge in [-0.1, -0.05) is 0 Å². The molecule has 0 radical (unpaired) electrons. The van der Waals surface area contributed by atoms with E-state index < -0.39 is 11.6 Å². The van der Waals surface area contributed by atoms with Gasteiger partial charge in [0.2, 0.25) is 0 Å². The van der Waals surface area contributed by atoms with E-state index in [2.05, 4.69) is 30.8 Å². The van der Waals surface area contributed by atoms with E-state index in [1.807, 2.05) is 20.0 Å². The molecule has 3 rings (SSSR count). The van der Waals surface area contributed by atoms with Gasteiger partial charge in [0.25, 0.3) is 5.91 Å². The lowest BCUT2D eigenvalue weighted by Crippen LogP contribution is -2.55. The lowest BCUT2D eigenvalue weighted by molar-refractivity contribution is -0.125. The van der Waals surface area contributed by atoms with Crippen molar-refractivity contribution in [1.82, 2.24) is 25.8 Å². The van der Waals surface area contributed by atoms with Gasteiger partial charge >= 0.3 is 6.03 Å². The van der Waals surface area contributed by atoms with Crippen molar-refractivity contribution in [2.75, 3.05) is 20.1 Å². The molecule has 0 bridgehead atoms. The third-order valence-corrected chi connectivity index (χ3v) is 5.90. The highest BCUT2D eigenvalue weighted by molar-refractivity contribution is 14.0. The highest BCUT2D eigenvalue weighted by Gasteiger charge is 2.48. The van der Waals surface area contributed by atoms with Gasteiger partial charge in [0, 0.05) is 31.2 Å². The van der Waals surface area contributed by atoms with Crippen LogP contribution in [0.2, 0.25) is 0 Å². The minimum Gasteiger partial charge on any atom is -0.351 e. The molecule has 2 aliphatic rings. The quantitative estimate of drug-likeness (QED) is 0.257. The number of carbonyl (C=O) groups excluding carboxylic acids is 2. The SMILES string of the molecule is CN=C(NCc1cnc(C)s1)N1CCC(C2(C)NC(=O)NC2=O)CC1.I. The van der Waals surface area contributed by atoms with Gasteiger partial charge in [0.05, 0.1) is 11.6 Å². The monoisotopic (exact) mass is 492 g/mol. The maximum absolute atomic E-state index is 12.1. The smallest absolute Gasteiger partial charge is 0.322 e. The van der Waals surface area contributed by atoms with Gasteiger partial charge in [-0.25, -0.2) is 9.78 Å². The van der Waals surface area contributed by atoms with Gasteiger partial charge in [0.1, 0.15) is 5.54 Å². The van der Waals surface area contributed by atoms with Crippen LogP contribution < -0.4 is 16.0 Å². The lowest BCUT2D eigenvalue weighted by atomic mass is 9.79. The number of carbonyl (C=O) groups is 2. The lowest BCUT2D eigenvalue weighted by Gasteiger charge is -2.39. The Balaban J connectivity index is 0.00000243.